The van der Waals surface area contributed by atoms with Crippen molar-refractivity contribution in [2.75, 3.05) is 24.4 Å². The van der Waals surface area contributed by atoms with Crippen LogP contribution in [0.4, 0.5) is 5.69 Å². The number of nitrogens with one attached hydrogen (secondary N) is 1. The Kier molecular flexibility index (Phi) is 5.14. The Balaban J connectivity index is 1.48. The minimum absolute atomic E-state index is 0.334. The highest BCUT2D eigenvalue weighted by Gasteiger charge is 2.24. The summed E-state index contributed by atoms with van der Waals surface area (Å²) in [5.41, 5.74) is 2.34. The average Bonchev–Trinajstić information content (AvgIpc) is 3.54. The molecule has 4 heterocycles. The third-order valence-corrected chi connectivity index (χ3v) is 9.61. The highest BCUT2D eigenvalue weighted by atomic mass is 32.2. The molecule has 1 N–H and O–H groups in total. The summed E-state index contributed by atoms with van der Waals surface area (Å²) in [6, 6.07) is 11.1. The number of aromatic nitrogens is 2. The van der Waals surface area contributed by atoms with Gasteiger partial charge in [-0.05, 0) is 49.5 Å². The van der Waals surface area contributed by atoms with Crippen LogP contribution < -0.4 is 4.31 Å². The second-order valence-electron chi connectivity index (χ2n) is 7.44. The van der Waals surface area contributed by atoms with Gasteiger partial charge in [-0.1, -0.05) is 18.2 Å². The SMILES string of the molecule is CN(c1cccc2cc(-c3ncc(CN4CCCC4)s3)[nH]c12)S(=O)(=O)c1cccs1. The van der Waals surface area contributed by atoms with E-state index in [0.29, 0.717) is 9.90 Å². The number of aromatic amines is 1. The Morgan fingerprint density at radius 1 is 1.20 bits per heavy atom. The van der Waals surface area contributed by atoms with E-state index in [1.807, 2.05) is 30.5 Å². The number of anilines is 1. The fourth-order valence-electron chi connectivity index (χ4n) is 3.86. The number of nitrogens with zero attached hydrogens (tertiary/aromatic N) is 3. The molecule has 5 rings (SSSR count). The van der Waals surface area contributed by atoms with E-state index >= 15 is 0 Å². The monoisotopic (exact) mass is 458 g/mol. The van der Waals surface area contributed by atoms with Crippen LogP contribution >= 0.6 is 22.7 Å². The highest BCUT2D eigenvalue weighted by molar-refractivity contribution is 7.94. The van der Waals surface area contributed by atoms with Crippen molar-refractivity contribution < 1.29 is 8.42 Å². The largest absolute Gasteiger partial charge is 0.351 e. The number of H-pyrrole nitrogens is 1. The molecule has 30 heavy (non-hydrogen) atoms. The maximum Gasteiger partial charge on any atom is 0.273 e. The van der Waals surface area contributed by atoms with Crippen LogP contribution in [0.3, 0.4) is 0 Å². The summed E-state index contributed by atoms with van der Waals surface area (Å²) < 4.78 is 27.7. The first kappa shape index (κ1) is 19.7. The topological polar surface area (TPSA) is 69.3 Å². The molecule has 1 aliphatic rings. The van der Waals surface area contributed by atoms with E-state index in [-0.39, 0.29) is 0 Å². The number of benzene rings is 1. The van der Waals surface area contributed by atoms with Gasteiger partial charge >= 0.3 is 0 Å². The molecule has 0 bridgehead atoms. The molecule has 1 aliphatic heterocycles. The summed E-state index contributed by atoms with van der Waals surface area (Å²) in [4.78, 5) is 11.8. The number of thiophene rings is 1. The van der Waals surface area contributed by atoms with Crippen LogP contribution in [0.5, 0.6) is 0 Å². The third-order valence-electron chi connectivity index (χ3n) is 5.45. The van der Waals surface area contributed by atoms with Crippen molar-refractivity contribution in [2.45, 2.75) is 23.6 Å². The van der Waals surface area contributed by atoms with Gasteiger partial charge in [0.15, 0.2) is 0 Å². The molecular formula is C21H22N4O2S3. The number of thiazole rings is 1. The standard InChI is InChI=1S/C21H22N4O2S3/c1-24(30(26,27)19-8-5-11-28-19)18-7-4-6-15-12-17(23-20(15)18)21-22-13-16(29-21)14-25-9-2-3-10-25/h4-8,11-13,23H,2-3,9-10,14H2,1H3. The third kappa shape index (κ3) is 3.56. The van der Waals surface area contributed by atoms with Gasteiger partial charge in [-0.25, -0.2) is 13.4 Å². The predicted octanol–water partition coefficient (Wildman–Crippen LogP) is 4.77. The lowest BCUT2D eigenvalue weighted by Crippen LogP contribution is -2.26. The first-order chi connectivity index (χ1) is 14.5. The van der Waals surface area contributed by atoms with Crippen molar-refractivity contribution in [2.24, 2.45) is 0 Å². The van der Waals surface area contributed by atoms with Gasteiger partial charge in [0.25, 0.3) is 10.0 Å². The van der Waals surface area contributed by atoms with Crippen LogP contribution in [0.15, 0.2) is 52.2 Å². The lowest BCUT2D eigenvalue weighted by Gasteiger charge is -2.19. The van der Waals surface area contributed by atoms with Gasteiger partial charge in [-0.3, -0.25) is 9.21 Å². The fourth-order valence-corrected chi connectivity index (χ4v) is 7.15. The summed E-state index contributed by atoms with van der Waals surface area (Å²) in [6.07, 6.45) is 4.51. The molecule has 4 aromatic rings. The molecule has 0 atom stereocenters. The number of sulfonamides is 1. The quantitative estimate of drug-likeness (QED) is 0.452. The molecule has 0 radical (unpaired) electrons. The van der Waals surface area contributed by atoms with Crippen molar-refractivity contribution in [3.05, 3.63) is 52.9 Å². The Bertz CT molecular complexity index is 1270. The number of para-hydroxylation sites is 1. The van der Waals surface area contributed by atoms with Crippen LogP contribution in [-0.4, -0.2) is 43.4 Å². The minimum atomic E-state index is -3.59. The predicted molar refractivity (Wildman–Crippen MR) is 124 cm³/mol. The summed E-state index contributed by atoms with van der Waals surface area (Å²) >= 11 is 2.92. The molecule has 0 unspecified atom stereocenters. The molecule has 1 aromatic carbocycles. The first-order valence-corrected chi connectivity index (χ1v) is 13.0. The average molecular weight is 459 g/mol. The number of hydrogen-bond acceptors (Lipinski definition) is 6. The van der Waals surface area contributed by atoms with Gasteiger partial charge in [-0.2, -0.15) is 0 Å². The van der Waals surface area contributed by atoms with Crippen molar-refractivity contribution in [3.63, 3.8) is 0 Å². The second kappa shape index (κ2) is 7.81. The zero-order valence-corrected chi connectivity index (χ0v) is 19.0. The smallest absolute Gasteiger partial charge is 0.273 e. The number of hydrogen-bond donors (Lipinski definition) is 1. The van der Waals surface area contributed by atoms with Gasteiger partial charge in [0, 0.05) is 30.1 Å². The van der Waals surface area contributed by atoms with E-state index < -0.39 is 10.0 Å². The van der Waals surface area contributed by atoms with Gasteiger partial charge in [0.2, 0.25) is 0 Å². The number of fused-ring (bicyclic) bond motifs is 1. The Morgan fingerprint density at radius 3 is 2.80 bits per heavy atom. The van der Waals surface area contributed by atoms with E-state index in [4.69, 9.17) is 0 Å². The van der Waals surface area contributed by atoms with Crippen LogP contribution in [0.25, 0.3) is 21.6 Å². The molecule has 1 fully saturated rings. The summed E-state index contributed by atoms with van der Waals surface area (Å²) in [7, 11) is -1.99. The maximum atomic E-state index is 13.0. The lowest BCUT2D eigenvalue weighted by atomic mass is 10.2. The molecule has 9 heteroatoms. The maximum absolute atomic E-state index is 13.0. The Morgan fingerprint density at radius 2 is 2.03 bits per heavy atom. The van der Waals surface area contributed by atoms with Gasteiger partial charge in [-0.15, -0.1) is 22.7 Å². The number of likely N-dealkylation sites (tertiary alicyclic amines) is 1. The van der Waals surface area contributed by atoms with Crippen molar-refractivity contribution in [1.82, 2.24) is 14.9 Å². The molecule has 0 aliphatic carbocycles. The summed E-state index contributed by atoms with van der Waals surface area (Å²) in [5.74, 6) is 0. The Labute approximate surface area is 183 Å². The van der Waals surface area contributed by atoms with Crippen LogP contribution in [-0.2, 0) is 16.6 Å². The lowest BCUT2D eigenvalue weighted by molar-refractivity contribution is 0.334. The molecule has 3 aromatic heterocycles. The van der Waals surface area contributed by atoms with Crippen LogP contribution in [0.1, 0.15) is 17.7 Å². The van der Waals surface area contributed by atoms with Gasteiger partial charge < -0.3 is 4.98 Å². The fraction of sp³-hybridized carbons (Fsp3) is 0.286. The van der Waals surface area contributed by atoms with Crippen molar-refractivity contribution in [1.29, 1.82) is 0 Å². The zero-order valence-electron chi connectivity index (χ0n) is 16.5. The van der Waals surface area contributed by atoms with Gasteiger partial charge in [0.05, 0.1) is 16.9 Å². The minimum Gasteiger partial charge on any atom is -0.351 e. The second-order valence-corrected chi connectivity index (χ2v) is 11.7. The van der Waals surface area contributed by atoms with E-state index in [1.54, 1.807) is 35.9 Å². The zero-order chi connectivity index (χ0) is 20.7. The first-order valence-electron chi connectivity index (χ1n) is 9.84. The molecule has 0 amide bonds. The van der Waals surface area contributed by atoms with Gasteiger partial charge in [0.1, 0.15) is 9.22 Å². The molecule has 1 saturated heterocycles. The summed E-state index contributed by atoms with van der Waals surface area (Å²) in [6.45, 7) is 3.27. The molecule has 156 valence electrons. The van der Waals surface area contributed by atoms with E-state index in [2.05, 4.69) is 14.9 Å². The van der Waals surface area contributed by atoms with Crippen LogP contribution in [0.2, 0.25) is 0 Å². The van der Waals surface area contributed by atoms with Crippen molar-refractivity contribution in [3.8, 4) is 10.7 Å². The Hall–Kier alpha value is -2.20. The molecule has 0 spiro atoms. The summed E-state index contributed by atoms with van der Waals surface area (Å²) in [5, 5.41) is 3.66. The van der Waals surface area contributed by atoms with E-state index in [0.717, 1.165) is 41.2 Å². The highest BCUT2D eigenvalue weighted by Crippen LogP contribution is 2.35. The molecular weight excluding hydrogens is 436 g/mol. The molecule has 0 saturated carbocycles. The van der Waals surface area contributed by atoms with Crippen LogP contribution in [0, 0.1) is 0 Å². The normalized spacial score (nSPS) is 15.2. The number of rotatable bonds is 6. The van der Waals surface area contributed by atoms with E-state index in [9.17, 15) is 8.42 Å². The van der Waals surface area contributed by atoms with Crippen molar-refractivity contribution >= 4 is 49.3 Å². The van der Waals surface area contributed by atoms with E-state index in [1.165, 1.54) is 33.4 Å². The molecule has 6 nitrogen and oxygen atoms in total.